The zero-order chi connectivity index (χ0) is 15.4. The van der Waals surface area contributed by atoms with E-state index in [1.54, 1.807) is 7.11 Å². The number of nitrogen functional groups attached to an aromatic ring is 1. The van der Waals surface area contributed by atoms with Crippen LogP contribution in [0.1, 0.15) is 24.1 Å². The van der Waals surface area contributed by atoms with Gasteiger partial charge in [-0.25, -0.2) is 0 Å². The second-order valence-corrected chi connectivity index (χ2v) is 5.65. The van der Waals surface area contributed by atoms with Gasteiger partial charge in [0.05, 0.1) is 7.11 Å². The first-order valence-corrected chi connectivity index (χ1v) is 7.27. The lowest BCUT2D eigenvalue weighted by Crippen LogP contribution is -2.22. The fourth-order valence-electron chi connectivity index (χ4n) is 2.35. The summed E-state index contributed by atoms with van der Waals surface area (Å²) in [5.74, 6) is 0.853. The highest BCUT2D eigenvalue weighted by Crippen LogP contribution is 2.27. The van der Waals surface area contributed by atoms with Crippen LogP contribution in [0.15, 0.2) is 42.5 Å². The normalized spacial score (nSPS) is 12.4. The Kier molecular flexibility index (Phi) is 5.10. The zero-order valence-corrected chi connectivity index (χ0v) is 13.4. The van der Waals surface area contributed by atoms with Gasteiger partial charge in [-0.05, 0) is 49.9 Å². The maximum Gasteiger partial charge on any atom is 0.123 e. The number of hydrogen-bond donors (Lipinski definition) is 1. The molecule has 0 aliphatic heterocycles. The van der Waals surface area contributed by atoms with Gasteiger partial charge in [-0.1, -0.05) is 23.7 Å². The first kappa shape index (κ1) is 15.7. The molecule has 4 heteroatoms. The highest BCUT2D eigenvalue weighted by molar-refractivity contribution is 6.30. The number of nitrogens with zero attached hydrogens (tertiary/aromatic N) is 1. The van der Waals surface area contributed by atoms with Crippen molar-refractivity contribution in [3.8, 4) is 5.75 Å². The van der Waals surface area contributed by atoms with E-state index in [1.807, 2.05) is 36.4 Å². The molecular weight excluding hydrogens is 284 g/mol. The van der Waals surface area contributed by atoms with Crippen LogP contribution in [-0.2, 0) is 6.54 Å². The summed E-state index contributed by atoms with van der Waals surface area (Å²) in [6.45, 7) is 2.91. The second-order valence-electron chi connectivity index (χ2n) is 5.22. The second kappa shape index (κ2) is 6.83. The number of halogens is 1. The molecule has 112 valence electrons. The minimum Gasteiger partial charge on any atom is -0.496 e. The maximum atomic E-state index is 6.08. The Morgan fingerprint density at radius 3 is 2.67 bits per heavy atom. The summed E-state index contributed by atoms with van der Waals surface area (Å²) in [6.07, 6.45) is 0. The van der Waals surface area contributed by atoms with E-state index in [1.165, 1.54) is 5.56 Å². The molecule has 3 nitrogen and oxygen atoms in total. The number of rotatable bonds is 5. The van der Waals surface area contributed by atoms with Gasteiger partial charge in [0.15, 0.2) is 0 Å². The van der Waals surface area contributed by atoms with E-state index in [4.69, 9.17) is 22.1 Å². The highest BCUT2D eigenvalue weighted by Gasteiger charge is 2.14. The lowest BCUT2D eigenvalue weighted by molar-refractivity contribution is 0.249. The average Bonchev–Trinajstić information content (AvgIpc) is 2.46. The summed E-state index contributed by atoms with van der Waals surface area (Å²) in [4.78, 5) is 2.24. The molecule has 1 unspecified atom stereocenters. The minimum absolute atomic E-state index is 0.247. The predicted octanol–water partition coefficient (Wildman–Crippen LogP) is 4.12. The first-order chi connectivity index (χ1) is 10.0. The third-order valence-electron chi connectivity index (χ3n) is 3.72. The number of anilines is 1. The Morgan fingerprint density at radius 2 is 2.00 bits per heavy atom. The average molecular weight is 305 g/mol. The largest absolute Gasteiger partial charge is 0.496 e. The smallest absolute Gasteiger partial charge is 0.123 e. The van der Waals surface area contributed by atoms with Crippen LogP contribution in [0.3, 0.4) is 0 Å². The minimum atomic E-state index is 0.247. The fraction of sp³-hybridized carbons (Fsp3) is 0.294. The topological polar surface area (TPSA) is 38.5 Å². The molecule has 0 heterocycles. The van der Waals surface area contributed by atoms with E-state index < -0.39 is 0 Å². The number of methoxy groups -OCH3 is 1. The lowest BCUT2D eigenvalue weighted by Gasteiger charge is -2.26. The summed E-state index contributed by atoms with van der Waals surface area (Å²) >= 11 is 6.08. The Morgan fingerprint density at radius 1 is 1.24 bits per heavy atom. The van der Waals surface area contributed by atoms with Crippen molar-refractivity contribution in [2.24, 2.45) is 0 Å². The summed E-state index contributed by atoms with van der Waals surface area (Å²) < 4.78 is 5.40. The number of hydrogen-bond acceptors (Lipinski definition) is 3. The van der Waals surface area contributed by atoms with E-state index in [0.717, 1.165) is 28.6 Å². The van der Waals surface area contributed by atoms with Crippen LogP contribution in [-0.4, -0.2) is 19.1 Å². The molecular formula is C17H21ClN2O. The monoisotopic (exact) mass is 304 g/mol. The highest BCUT2D eigenvalue weighted by atomic mass is 35.5. The van der Waals surface area contributed by atoms with Gasteiger partial charge >= 0.3 is 0 Å². The molecule has 0 radical (unpaired) electrons. The van der Waals surface area contributed by atoms with Crippen LogP contribution in [0.25, 0.3) is 0 Å². The Hall–Kier alpha value is -1.71. The van der Waals surface area contributed by atoms with Crippen LogP contribution in [0, 0.1) is 0 Å². The SMILES string of the molecule is COc1ccc(Cl)cc1CN(C)C(C)c1cccc(N)c1. The van der Waals surface area contributed by atoms with E-state index in [-0.39, 0.29) is 6.04 Å². The van der Waals surface area contributed by atoms with Crippen molar-refractivity contribution in [1.82, 2.24) is 4.90 Å². The van der Waals surface area contributed by atoms with E-state index in [2.05, 4.69) is 24.9 Å². The third-order valence-corrected chi connectivity index (χ3v) is 3.95. The summed E-state index contributed by atoms with van der Waals surface area (Å²) in [6, 6.07) is 13.9. The van der Waals surface area contributed by atoms with Crippen molar-refractivity contribution >= 4 is 17.3 Å². The molecule has 0 bridgehead atoms. The van der Waals surface area contributed by atoms with Crippen LogP contribution < -0.4 is 10.5 Å². The Balaban J connectivity index is 2.17. The van der Waals surface area contributed by atoms with Gasteiger partial charge in [0.2, 0.25) is 0 Å². The lowest BCUT2D eigenvalue weighted by atomic mass is 10.1. The van der Waals surface area contributed by atoms with Crippen LogP contribution in [0.4, 0.5) is 5.69 Å². The molecule has 2 aromatic rings. The molecule has 1 atom stereocenters. The molecule has 0 spiro atoms. The first-order valence-electron chi connectivity index (χ1n) is 6.89. The van der Waals surface area contributed by atoms with Gasteiger partial charge < -0.3 is 10.5 Å². The van der Waals surface area contributed by atoms with E-state index in [9.17, 15) is 0 Å². The maximum absolute atomic E-state index is 6.08. The number of benzene rings is 2. The van der Waals surface area contributed by atoms with Crippen LogP contribution in [0.5, 0.6) is 5.75 Å². The standard InChI is InChI=1S/C17H21ClN2O/c1-12(13-5-4-6-16(19)10-13)20(2)11-14-9-15(18)7-8-17(14)21-3/h4-10,12H,11,19H2,1-3H3. The summed E-state index contributed by atoms with van der Waals surface area (Å²) in [7, 11) is 3.75. The van der Waals surface area contributed by atoms with Crippen molar-refractivity contribution in [2.75, 3.05) is 19.9 Å². The van der Waals surface area contributed by atoms with Gasteiger partial charge in [-0.3, -0.25) is 4.90 Å². The Labute approximate surface area is 131 Å². The molecule has 0 fully saturated rings. The quantitative estimate of drug-likeness (QED) is 0.844. The van der Waals surface area contributed by atoms with Crippen molar-refractivity contribution in [1.29, 1.82) is 0 Å². The van der Waals surface area contributed by atoms with Gasteiger partial charge in [0.1, 0.15) is 5.75 Å². The molecule has 0 saturated carbocycles. The van der Waals surface area contributed by atoms with Gasteiger partial charge in [-0.15, -0.1) is 0 Å². The Bertz CT molecular complexity index is 615. The molecule has 2 aromatic carbocycles. The van der Waals surface area contributed by atoms with Crippen molar-refractivity contribution < 1.29 is 4.74 Å². The van der Waals surface area contributed by atoms with E-state index in [0.29, 0.717) is 0 Å². The van der Waals surface area contributed by atoms with Crippen LogP contribution >= 0.6 is 11.6 Å². The molecule has 21 heavy (non-hydrogen) atoms. The molecule has 2 N–H and O–H groups in total. The van der Waals surface area contributed by atoms with E-state index >= 15 is 0 Å². The van der Waals surface area contributed by atoms with Crippen molar-refractivity contribution in [2.45, 2.75) is 19.5 Å². The van der Waals surface area contributed by atoms with Crippen molar-refractivity contribution in [3.05, 3.63) is 58.6 Å². The van der Waals surface area contributed by atoms with Gasteiger partial charge in [-0.2, -0.15) is 0 Å². The number of nitrogens with two attached hydrogens (primary N) is 1. The summed E-state index contributed by atoms with van der Waals surface area (Å²) in [5, 5.41) is 0.718. The molecule has 2 rings (SSSR count). The molecule has 0 aliphatic rings. The van der Waals surface area contributed by atoms with Gasteiger partial charge in [0.25, 0.3) is 0 Å². The van der Waals surface area contributed by atoms with Gasteiger partial charge in [0, 0.05) is 28.9 Å². The van der Waals surface area contributed by atoms with Crippen molar-refractivity contribution in [3.63, 3.8) is 0 Å². The summed E-state index contributed by atoms with van der Waals surface area (Å²) in [5.41, 5.74) is 8.91. The third kappa shape index (κ3) is 3.90. The molecule has 0 amide bonds. The fourth-order valence-corrected chi connectivity index (χ4v) is 2.54. The molecule has 0 saturated heterocycles. The molecule has 0 aliphatic carbocycles. The molecule has 0 aromatic heterocycles. The zero-order valence-electron chi connectivity index (χ0n) is 12.6. The van der Waals surface area contributed by atoms with Crippen LogP contribution in [0.2, 0.25) is 5.02 Å². The predicted molar refractivity (Wildman–Crippen MR) is 88.7 cm³/mol. The number of ether oxygens (including phenoxy) is 1.